The Morgan fingerprint density at radius 2 is 1.70 bits per heavy atom. The molecule has 0 saturated carbocycles. The number of benzene rings is 2. The van der Waals surface area contributed by atoms with Crippen LogP contribution in [0.25, 0.3) is 16.7 Å². The van der Waals surface area contributed by atoms with Crippen molar-refractivity contribution in [2.24, 2.45) is 5.14 Å². The number of hydrogen-bond donors (Lipinski definition) is 4. The number of carbonyl (C=O) groups excluding carboxylic acids is 2. The second kappa shape index (κ2) is 7.62. The number of amides is 2. The number of nitrogens with one attached hydrogen (secondary N) is 3. The Labute approximate surface area is 172 Å². The number of carbonyl (C=O) groups is 2. The molecule has 4 rings (SSSR count). The number of hydrogen-bond acceptors (Lipinski definition) is 5. The van der Waals surface area contributed by atoms with Gasteiger partial charge in [0.2, 0.25) is 10.0 Å². The minimum absolute atomic E-state index is 0.0287. The van der Waals surface area contributed by atoms with E-state index >= 15 is 0 Å². The molecule has 1 aliphatic heterocycles. The fourth-order valence-electron chi connectivity index (χ4n) is 3.22. The fourth-order valence-corrected chi connectivity index (χ4v) is 3.73. The Morgan fingerprint density at radius 3 is 2.37 bits per heavy atom. The van der Waals surface area contributed by atoms with Crippen LogP contribution in [0.15, 0.2) is 72.0 Å². The van der Waals surface area contributed by atoms with E-state index in [-0.39, 0.29) is 4.90 Å². The number of primary sulfonamides is 1. The molecular formula is C21H18N4O4S. The molecule has 1 aliphatic rings. The molecule has 2 aromatic carbocycles. The van der Waals surface area contributed by atoms with E-state index in [1.165, 1.54) is 12.1 Å². The van der Waals surface area contributed by atoms with Crippen molar-refractivity contribution in [3.05, 3.63) is 83.8 Å². The smallest absolute Gasteiger partial charge is 0.260 e. The number of aromatic nitrogens is 1. The van der Waals surface area contributed by atoms with Crippen molar-refractivity contribution in [3.63, 3.8) is 0 Å². The van der Waals surface area contributed by atoms with Crippen LogP contribution in [0.2, 0.25) is 0 Å². The maximum Gasteiger partial charge on any atom is 0.260 e. The highest BCUT2D eigenvalue weighted by atomic mass is 32.2. The molecule has 152 valence electrons. The van der Waals surface area contributed by atoms with Gasteiger partial charge in [0.15, 0.2) is 0 Å². The summed E-state index contributed by atoms with van der Waals surface area (Å²) in [6.07, 6.45) is 5.18. The number of imide groups is 1. The first-order chi connectivity index (χ1) is 14.3. The van der Waals surface area contributed by atoms with Gasteiger partial charge >= 0.3 is 0 Å². The molecule has 0 fully saturated rings. The number of fused-ring (bicyclic) bond motifs is 1. The summed E-state index contributed by atoms with van der Waals surface area (Å²) in [6.45, 7) is 0.350. The van der Waals surface area contributed by atoms with E-state index in [1.54, 1.807) is 30.6 Å². The van der Waals surface area contributed by atoms with Crippen LogP contribution in [0, 0.1) is 0 Å². The van der Waals surface area contributed by atoms with Crippen LogP contribution < -0.4 is 15.8 Å². The molecule has 0 aliphatic carbocycles. The van der Waals surface area contributed by atoms with Crippen molar-refractivity contribution in [2.45, 2.75) is 11.4 Å². The number of sulfonamides is 1. The molecule has 9 heteroatoms. The summed E-state index contributed by atoms with van der Waals surface area (Å²) >= 11 is 0. The highest BCUT2D eigenvalue weighted by Crippen LogP contribution is 2.29. The Balaban J connectivity index is 1.60. The van der Waals surface area contributed by atoms with Gasteiger partial charge in [-0.15, -0.1) is 0 Å². The van der Waals surface area contributed by atoms with Gasteiger partial charge in [0, 0.05) is 36.3 Å². The number of rotatable bonds is 5. The first kappa shape index (κ1) is 19.6. The molecule has 5 N–H and O–H groups in total. The zero-order valence-electron chi connectivity index (χ0n) is 15.7. The maximum atomic E-state index is 12.4. The molecule has 0 atom stereocenters. The third-order valence-electron chi connectivity index (χ3n) is 4.76. The van der Waals surface area contributed by atoms with Gasteiger partial charge < -0.3 is 10.3 Å². The molecule has 1 aromatic heterocycles. The summed E-state index contributed by atoms with van der Waals surface area (Å²) in [4.78, 5) is 27.7. The average molecular weight is 422 g/mol. The van der Waals surface area contributed by atoms with Crippen molar-refractivity contribution in [1.82, 2.24) is 15.6 Å². The predicted molar refractivity (Wildman–Crippen MR) is 111 cm³/mol. The molecule has 0 unspecified atom stereocenters. The van der Waals surface area contributed by atoms with E-state index in [0.717, 1.165) is 16.7 Å². The summed E-state index contributed by atoms with van der Waals surface area (Å²) in [6, 6.07) is 13.3. The molecule has 0 spiro atoms. The van der Waals surface area contributed by atoms with E-state index in [0.29, 0.717) is 23.2 Å². The van der Waals surface area contributed by atoms with Gasteiger partial charge in [0.1, 0.15) is 0 Å². The van der Waals surface area contributed by atoms with Crippen molar-refractivity contribution in [3.8, 4) is 11.1 Å². The maximum absolute atomic E-state index is 12.4. The Hall–Kier alpha value is -3.69. The van der Waals surface area contributed by atoms with Crippen molar-refractivity contribution < 1.29 is 18.0 Å². The van der Waals surface area contributed by atoms with E-state index in [1.807, 2.05) is 24.4 Å². The lowest BCUT2D eigenvalue weighted by molar-refractivity contribution is -0.114. The predicted octanol–water partition coefficient (Wildman–Crippen LogP) is 1.73. The lowest BCUT2D eigenvalue weighted by Gasteiger charge is -2.19. The fraction of sp³-hybridized carbons (Fsp3) is 0.0476. The molecule has 3 aromatic rings. The average Bonchev–Trinajstić information content (AvgIpc) is 3.24. The highest BCUT2D eigenvalue weighted by Gasteiger charge is 2.27. The molecule has 2 amide bonds. The third kappa shape index (κ3) is 3.88. The topological polar surface area (TPSA) is 134 Å². The van der Waals surface area contributed by atoms with E-state index in [2.05, 4.69) is 15.6 Å². The molecular weight excluding hydrogens is 404 g/mol. The van der Waals surface area contributed by atoms with Crippen molar-refractivity contribution in [2.75, 3.05) is 0 Å². The first-order valence-electron chi connectivity index (χ1n) is 9.01. The summed E-state index contributed by atoms with van der Waals surface area (Å²) in [5, 5.41) is 10.5. The van der Waals surface area contributed by atoms with Gasteiger partial charge in [-0.05, 0) is 47.0 Å². The number of H-pyrrole nitrogens is 1. The zero-order chi connectivity index (χ0) is 21.3. The number of aromatic amines is 1. The van der Waals surface area contributed by atoms with Gasteiger partial charge in [-0.2, -0.15) is 0 Å². The van der Waals surface area contributed by atoms with Crippen LogP contribution in [0.5, 0.6) is 0 Å². The zero-order valence-corrected chi connectivity index (χ0v) is 16.5. The molecule has 0 bridgehead atoms. The van der Waals surface area contributed by atoms with Crippen LogP contribution in [-0.4, -0.2) is 25.2 Å². The van der Waals surface area contributed by atoms with Crippen LogP contribution >= 0.6 is 0 Å². The van der Waals surface area contributed by atoms with Crippen LogP contribution in [-0.2, 0) is 21.4 Å². The minimum Gasteiger partial charge on any atom is -0.386 e. The molecule has 30 heavy (non-hydrogen) atoms. The van der Waals surface area contributed by atoms with Gasteiger partial charge in [0.05, 0.1) is 10.5 Å². The van der Waals surface area contributed by atoms with Crippen LogP contribution in [0.3, 0.4) is 0 Å². The second-order valence-electron chi connectivity index (χ2n) is 6.77. The minimum atomic E-state index is -3.75. The highest BCUT2D eigenvalue weighted by molar-refractivity contribution is 7.89. The summed E-state index contributed by atoms with van der Waals surface area (Å²) in [7, 11) is -3.75. The van der Waals surface area contributed by atoms with Crippen LogP contribution in [0.1, 0.15) is 21.5 Å². The molecule has 8 nitrogen and oxygen atoms in total. The van der Waals surface area contributed by atoms with E-state index in [9.17, 15) is 18.0 Å². The molecule has 0 saturated heterocycles. The van der Waals surface area contributed by atoms with Gasteiger partial charge in [-0.3, -0.25) is 14.9 Å². The lowest BCUT2D eigenvalue weighted by atomic mass is 9.92. The summed E-state index contributed by atoms with van der Waals surface area (Å²) < 4.78 is 22.7. The summed E-state index contributed by atoms with van der Waals surface area (Å²) in [5.41, 5.74) is 3.91. The SMILES string of the molecule is NS(=O)(=O)c1ccc(CNC=C2C(=O)NC(=O)c3ccc(-c4cc[nH]c4)cc32)cc1. The second-order valence-corrected chi connectivity index (χ2v) is 8.33. The monoisotopic (exact) mass is 422 g/mol. The van der Waals surface area contributed by atoms with Crippen molar-refractivity contribution >= 4 is 27.4 Å². The number of nitrogens with two attached hydrogens (primary N) is 1. The van der Waals surface area contributed by atoms with Gasteiger partial charge in [-0.1, -0.05) is 18.2 Å². The Morgan fingerprint density at radius 1 is 0.933 bits per heavy atom. The Kier molecular flexibility index (Phi) is 4.98. The van der Waals surface area contributed by atoms with E-state index < -0.39 is 21.8 Å². The lowest BCUT2D eigenvalue weighted by Crippen LogP contribution is -2.37. The largest absolute Gasteiger partial charge is 0.386 e. The molecule has 0 radical (unpaired) electrons. The van der Waals surface area contributed by atoms with Gasteiger partial charge in [-0.25, -0.2) is 13.6 Å². The van der Waals surface area contributed by atoms with E-state index in [4.69, 9.17) is 5.14 Å². The van der Waals surface area contributed by atoms with Crippen molar-refractivity contribution in [1.29, 1.82) is 0 Å². The van der Waals surface area contributed by atoms with Gasteiger partial charge in [0.25, 0.3) is 11.8 Å². The van der Waals surface area contributed by atoms with Crippen LogP contribution in [0.4, 0.5) is 0 Å². The standard InChI is InChI=1S/C21H18N4O4S/c22-30(28,29)16-4-1-13(2-5-16)10-24-12-19-18-9-14(15-7-8-23-11-15)3-6-17(18)20(26)25-21(19)27/h1-9,11-12,23-24H,10H2,(H2,22,28,29)(H,25,26,27). The Bertz CT molecular complexity index is 1260. The molecule has 2 heterocycles. The third-order valence-corrected chi connectivity index (χ3v) is 5.69. The summed E-state index contributed by atoms with van der Waals surface area (Å²) in [5.74, 6) is -0.929. The first-order valence-corrected chi connectivity index (χ1v) is 10.6. The normalized spacial score (nSPS) is 15.0. The quantitative estimate of drug-likeness (QED) is 0.367.